The van der Waals surface area contributed by atoms with Gasteiger partial charge >= 0.3 is 11.9 Å². The molecule has 1 aromatic heterocycles. The summed E-state index contributed by atoms with van der Waals surface area (Å²) in [7, 11) is 0. The van der Waals surface area contributed by atoms with Crippen LogP contribution in [0.2, 0.25) is 10.0 Å². The lowest BCUT2D eigenvalue weighted by molar-refractivity contribution is -0.142. The van der Waals surface area contributed by atoms with Crippen molar-refractivity contribution in [3.63, 3.8) is 0 Å². The molecule has 2 aliphatic heterocycles. The Kier molecular flexibility index (Phi) is 8.71. The average Bonchev–Trinajstić information content (AvgIpc) is 3.46. The number of benzene rings is 1. The predicted molar refractivity (Wildman–Crippen MR) is 141 cm³/mol. The van der Waals surface area contributed by atoms with Crippen LogP contribution in [0.25, 0.3) is 0 Å². The third-order valence-corrected chi connectivity index (χ3v) is 7.75. The van der Waals surface area contributed by atoms with Crippen molar-refractivity contribution < 1.29 is 28.2 Å². The number of aliphatic imine (C=N–C) groups is 1. The van der Waals surface area contributed by atoms with Gasteiger partial charge in [0.25, 0.3) is 5.92 Å². The number of nitrogens with zero attached hydrogens (tertiary/aromatic N) is 3. The summed E-state index contributed by atoms with van der Waals surface area (Å²) in [6, 6.07) is 3.17. The number of thiazole rings is 1. The molecule has 0 radical (unpaired) electrons. The lowest BCUT2D eigenvalue weighted by atomic mass is 9.94. The molecular weight excluding hydrogens is 561 g/mol. The Morgan fingerprint density at radius 2 is 2.13 bits per heavy atom. The van der Waals surface area contributed by atoms with Gasteiger partial charge in [0.05, 0.1) is 24.6 Å². The molecule has 3 atom stereocenters. The van der Waals surface area contributed by atoms with Crippen LogP contribution in [0.3, 0.4) is 0 Å². The Hall–Kier alpha value is -2.60. The fraction of sp³-hybridized carbons (Fsp3) is 0.440. The van der Waals surface area contributed by atoms with Crippen molar-refractivity contribution in [2.75, 3.05) is 19.7 Å². The number of alkyl halides is 2. The maximum absolute atomic E-state index is 14.6. The molecule has 0 bridgehead atoms. The second-order valence-electron chi connectivity index (χ2n) is 9.21. The van der Waals surface area contributed by atoms with Crippen LogP contribution in [0.4, 0.5) is 8.78 Å². The number of esters is 1. The second kappa shape index (κ2) is 11.6. The molecule has 13 heteroatoms. The Balaban J connectivity index is 1.80. The number of aliphatic carboxylic acids is 1. The summed E-state index contributed by atoms with van der Waals surface area (Å²) >= 11 is 13.9. The van der Waals surface area contributed by atoms with E-state index in [1.165, 1.54) is 29.2 Å². The SMILES string of the molecule is CCOC(=O)C1=C(CN2CC(F)(F)C[C@H]2CC(C)C(=O)O)NC(c2nccs2)=N[C@H]1c1ccc(Cl)cc1Cl. The fourth-order valence-electron chi connectivity index (χ4n) is 4.66. The number of amidine groups is 1. The highest BCUT2D eigenvalue weighted by molar-refractivity contribution is 7.11. The molecular formula is C25H26Cl2F2N4O4S. The molecule has 1 fully saturated rings. The molecule has 1 unspecified atom stereocenters. The lowest BCUT2D eigenvalue weighted by Gasteiger charge is -2.31. The molecule has 1 saturated heterocycles. The molecule has 4 rings (SSSR count). The summed E-state index contributed by atoms with van der Waals surface area (Å²) in [4.78, 5) is 35.3. The number of carboxylic acid groups (broad SMARTS) is 1. The Morgan fingerprint density at radius 3 is 2.76 bits per heavy atom. The van der Waals surface area contributed by atoms with Gasteiger partial charge in [-0.3, -0.25) is 14.7 Å². The van der Waals surface area contributed by atoms with E-state index >= 15 is 0 Å². The van der Waals surface area contributed by atoms with E-state index in [1.54, 1.807) is 30.6 Å². The van der Waals surface area contributed by atoms with E-state index in [4.69, 9.17) is 32.9 Å². The largest absolute Gasteiger partial charge is 0.481 e. The quantitative estimate of drug-likeness (QED) is 0.390. The van der Waals surface area contributed by atoms with E-state index < -0.39 is 48.8 Å². The number of hydrogen-bond acceptors (Lipinski definition) is 8. The van der Waals surface area contributed by atoms with Crippen molar-refractivity contribution in [1.82, 2.24) is 15.2 Å². The van der Waals surface area contributed by atoms with Gasteiger partial charge in [-0.2, -0.15) is 0 Å². The number of carbonyl (C=O) groups excluding carboxylic acids is 1. The minimum atomic E-state index is -3.01. The number of carboxylic acids is 1. The van der Waals surface area contributed by atoms with Gasteiger partial charge in [0.1, 0.15) is 6.04 Å². The summed E-state index contributed by atoms with van der Waals surface area (Å²) in [6.45, 7) is 2.56. The number of hydrogen-bond donors (Lipinski definition) is 2. The number of aromatic nitrogens is 1. The van der Waals surface area contributed by atoms with Crippen LogP contribution in [-0.4, -0.2) is 64.4 Å². The van der Waals surface area contributed by atoms with Crippen LogP contribution >= 0.6 is 34.5 Å². The van der Waals surface area contributed by atoms with Crippen LogP contribution in [0.1, 0.15) is 43.3 Å². The van der Waals surface area contributed by atoms with Gasteiger partial charge in [0.2, 0.25) is 0 Å². The van der Waals surface area contributed by atoms with E-state index in [0.717, 1.165) is 0 Å². The Labute approximate surface area is 232 Å². The van der Waals surface area contributed by atoms with Crippen molar-refractivity contribution in [3.8, 4) is 0 Å². The van der Waals surface area contributed by atoms with Gasteiger partial charge in [-0.1, -0.05) is 36.2 Å². The zero-order valence-corrected chi connectivity index (χ0v) is 22.9. The van der Waals surface area contributed by atoms with Crippen LogP contribution < -0.4 is 5.32 Å². The first-order chi connectivity index (χ1) is 18.0. The van der Waals surface area contributed by atoms with Crippen LogP contribution in [0.5, 0.6) is 0 Å². The van der Waals surface area contributed by atoms with Gasteiger partial charge in [0, 0.05) is 51.9 Å². The number of likely N-dealkylation sites (tertiary alicyclic amines) is 1. The third kappa shape index (κ3) is 6.33. The number of halogens is 4. The van der Waals surface area contributed by atoms with E-state index in [1.807, 2.05) is 0 Å². The average molecular weight is 587 g/mol. The molecule has 0 saturated carbocycles. The van der Waals surface area contributed by atoms with E-state index in [9.17, 15) is 23.5 Å². The molecule has 204 valence electrons. The number of rotatable bonds is 9. The highest BCUT2D eigenvalue weighted by Crippen LogP contribution is 2.40. The monoisotopic (exact) mass is 586 g/mol. The minimum absolute atomic E-state index is 0.0345. The van der Waals surface area contributed by atoms with Crippen LogP contribution in [0.15, 0.2) is 46.0 Å². The summed E-state index contributed by atoms with van der Waals surface area (Å²) in [5, 5.41) is 15.5. The van der Waals surface area contributed by atoms with Crippen molar-refractivity contribution in [2.45, 2.75) is 44.7 Å². The van der Waals surface area contributed by atoms with Gasteiger partial charge < -0.3 is 15.2 Å². The Morgan fingerprint density at radius 1 is 1.37 bits per heavy atom. The highest BCUT2D eigenvalue weighted by atomic mass is 35.5. The maximum Gasteiger partial charge on any atom is 0.338 e. The molecule has 8 nitrogen and oxygen atoms in total. The lowest BCUT2D eigenvalue weighted by Crippen LogP contribution is -2.42. The standard InChI is InChI=1S/C25H26Cl2F2N4O4S/c1-3-37-24(36)19-18(11-33-12-25(28,29)10-15(33)8-13(2)23(34)35)31-21(22-30-6-7-38-22)32-20(19)16-5-4-14(26)9-17(16)27/h4-7,9,13,15,20H,3,8,10-12H2,1-2H3,(H,31,32)(H,34,35)/t13?,15-,20+/m1/s1. The van der Waals surface area contributed by atoms with Crippen LogP contribution in [0, 0.1) is 5.92 Å². The molecule has 38 heavy (non-hydrogen) atoms. The summed E-state index contributed by atoms with van der Waals surface area (Å²) < 4.78 is 34.5. The third-order valence-electron chi connectivity index (χ3n) is 6.41. The highest BCUT2D eigenvalue weighted by Gasteiger charge is 2.46. The zero-order chi connectivity index (χ0) is 27.6. The smallest absolute Gasteiger partial charge is 0.338 e. The first-order valence-electron chi connectivity index (χ1n) is 11.9. The molecule has 0 amide bonds. The van der Waals surface area contributed by atoms with Crippen molar-refractivity contribution >= 4 is 52.3 Å². The van der Waals surface area contributed by atoms with Gasteiger partial charge in [-0.05, 0) is 25.5 Å². The molecule has 3 heterocycles. The second-order valence-corrected chi connectivity index (χ2v) is 11.0. The van der Waals surface area contributed by atoms with Crippen molar-refractivity contribution in [1.29, 1.82) is 0 Å². The molecule has 2 N–H and O–H groups in total. The first-order valence-corrected chi connectivity index (χ1v) is 13.6. The summed E-state index contributed by atoms with van der Waals surface area (Å²) in [5.41, 5.74) is 0.914. The van der Waals surface area contributed by atoms with E-state index in [2.05, 4.69) is 10.3 Å². The Bertz CT molecular complexity index is 1270. The summed E-state index contributed by atoms with van der Waals surface area (Å²) in [5.74, 6) is -5.21. The predicted octanol–water partition coefficient (Wildman–Crippen LogP) is 5.18. The maximum atomic E-state index is 14.6. The first kappa shape index (κ1) is 28.4. The topological polar surface area (TPSA) is 104 Å². The van der Waals surface area contributed by atoms with E-state index in [0.29, 0.717) is 27.1 Å². The fourth-order valence-corrected chi connectivity index (χ4v) is 5.76. The van der Waals surface area contributed by atoms with Crippen LogP contribution in [-0.2, 0) is 14.3 Å². The van der Waals surface area contributed by atoms with Gasteiger partial charge in [-0.25, -0.2) is 18.6 Å². The van der Waals surface area contributed by atoms with Gasteiger partial charge in [-0.15, -0.1) is 11.3 Å². The normalized spacial score (nSPS) is 22.1. The molecule has 1 aromatic carbocycles. The number of nitrogens with one attached hydrogen (secondary N) is 1. The van der Waals surface area contributed by atoms with Crippen molar-refractivity contribution in [2.24, 2.45) is 10.9 Å². The molecule has 2 aliphatic rings. The summed E-state index contributed by atoms with van der Waals surface area (Å²) in [6.07, 6.45) is 1.16. The zero-order valence-electron chi connectivity index (χ0n) is 20.6. The molecule has 0 aliphatic carbocycles. The molecule has 0 spiro atoms. The number of carbonyl (C=O) groups is 2. The number of ether oxygens (including phenoxy) is 1. The minimum Gasteiger partial charge on any atom is -0.481 e. The molecule has 2 aromatic rings. The van der Waals surface area contributed by atoms with Gasteiger partial charge in [0.15, 0.2) is 10.8 Å². The van der Waals surface area contributed by atoms with E-state index in [-0.39, 0.29) is 30.2 Å². The van der Waals surface area contributed by atoms with Crippen molar-refractivity contribution in [3.05, 3.63) is 61.7 Å².